The molecule has 0 spiro atoms. The molecular formula is C12H14N2O2S. The molecule has 1 fully saturated rings. The molecule has 1 aromatic carbocycles. The van der Waals surface area contributed by atoms with Crippen LogP contribution in [0.25, 0.3) is 0 Å². The van der Waals surface area contributed by atoms with Gasteiger partial charge in [-0.1, -0.05) is 17.7 Å². The zero-order valence-corrected chi connectivity index (χ0v) is 10.6. The average Bonchev–Trinajstić information content (AvgIpc) is 2.57. The van der Waals surface area contributed by atoms with Gasteiger partial charge in [0.15, 0.2) is 5.37 Å². The maximum atomic E-state index is 11.8. The molecule has 1 N–H and O–H groups in total. The normalized spacial score (nSPS) is 19.9. The van der Waals surface area contributed by atoms with Crippen molar-refractivity contribution < 1.29 is 9.59 Å². The number of aryl methyl sites for hydroxylation is 1. The third-order valence-corrected chi connectivity index (χ3v) is 3.57. The zero-order chi connectivity index (χ0) is 12.4. The van der Waals surface area contributed by atoms with Crippen LogP contribution in [0.2, 0.25) is 0 Å². The zero-order valence-electron chi connectivity index (χ0n) is 9.77. The Morgan fingerprint density at radius 1 is 1.29 bits per heavy atom. The highest BCUT2D eigenvalue weighted by molar-refractivity contribution is 8.15. The SMILES string of the molecule is CCN1C(=O)SC(Nc2ccc(C)cc2)C1=O. The van der Waals surface area contributed by atoms with Gasteiger partial charge in [0, 0.05) is 12.2 Å². The molecule has 0 bridgehead atoms. The predicted octanol–water partition coefficient (Wildman–Crippen LogP) is 2.45. The molecule has 90 valence electrons. The number of amides is 2. The van der Waals surface area contributed by atoms with Gasteiger partial charge in [0.05, 0.1) is 0 Å². The molecular weight excluding hydrogens is 236 g/mol. The highest BCUT2D eigenvalue weighted by atomic mass is 32.2. The highest BCUT2D eigenvalue weighted by Crippen LogP contribution is 2.27. The quantitative estimate of drug-likeness (QED) is 0.895. The van der Waals surface area contributed by atoms with Gasteiger partial charge < -0.3 is 5.32 Å². The van der Waals surface area contributed by atoms with Crippen molar-refractivity contribution in [3.8, 4) is 0 Å². The molecule has 1 unspecified atom stereocenters. The predicted molar refractivity (Wildman–Crippen MR) is 69.0 cm³/mol. The number of nitrogens with one attached hydrogen (secondary N) is 1. The van der Waals surface area contributed by atoms with E-state index in [9.17, 15) is 9.59 Å². The summed E-state index contributed by atoms with van der Waals surface area (Å²) >= 11 is 1.03. The number of hydrogen-bond donors (Lipinski definition) is 1. The van der Waals surface area contributed by atoms with Crippen LogP contribution in [0.15, 0.2) is 24.3 Å². The average molecular weight is 250 g/mol. The van der Waals surface area contributed by atoms with Gasteiger partial charge in [0.1, 0.15) is 0 Å². The van der Waals surface area contributed by atoms with Crippen molar-refractivity contribution in [2.75, 3.05) is 11.9 Å². The summed E-state index contributed by atoms with van der Waals surface area (Å²) in [6, 6.07) is 7.74. The Labute approximate surface area is 104 Å². The van der Waals surface area contributed by atoms with E-state index in [-0.39, 0.29) is 11.1 Å². The lowest BCUT2D eigenvalue weighted by atomic mass is 10.2. The largest absolute Gasteiger partial charge is 0.365 e. The molecule has 1 aromatic rings. The van der Waals surface area contributed by atoms with Crippen molar-refractivity contribution in [1.82, 2.24) is 4.90 Å². The first kappa shape index (κ1) is 12.0. The second-order valence-electron chi connectivity index (χ2n) is 3.86. The van der Waals surface area contributed by atoms with Crippen LogP contribution >= 0.6 is 11.8 Å². The van der Waals surface area contributed by atoms with Crippen LogP contribution < -0.4 is 5.32 Å². The summed E-state index contributed by atoms with van der Waals surface area (Å²) in [5.74, 6) is -0.164. The Morgan fingerprint density at radius 3 is 2.47 bits per heavy atom. The summed E-state index contributed by atoms with van der Waals surface area (Å²) in [4.78, 5) is 24.6. The van der Waals surface area contributed by atoms with E-state index in [1.165, 1.54) is 4.90 Å². The van der Waals surface area contributed by atoms with E-state index in [1.54, 1.807) is 6.92 Å². The molecule has 0 radical (unpaired) electrons. The number of nitrogens with zero attached hydrogens (tertiary/aromatic N) is 1. The molecule has 1 saturated heterocycles. The summed E-state index contributed by atoms with van der Waals surface area (Å²) in [7, 11) is 0. The number of anilines is 1. The van der Waals surface area contributed by atoms with Gasteiger partial charge in [-0.2, -0.15) is 0 Å². The molecule has 1 aliphatic heterocycles. The van der Waals surface area contributed by atoms with Gasteiger partial charge in [-0.3, -0.25) is 14.5 Å². The minimum Gasteiger partial charge on any atom is -0.365 e. The Hall–Kier alpha value is -1.49. The molecule has 2 rings (SSSR count). The summed E-state index contributed by atoms with van der Waals surface area (Å²) < 4.78 is 0. The van der Waals surface area contributed by atoms with Gasteiger partial charge in [0.2, 0.25) is 0 Å². The third-order valence-electron chi connectivity index (χ3n) is 2.59. The topological polar surface area (TPSA) is 49.4 Å². The van der Waals surface area contributed by atoms with Crippen LogP contribution in [0.4, 0.5) is 10.5 Å². The van der Waals surface area contributed by atoms with Crippen molar-refractivity contribution in [3.05, 3.63) is 29.8 Å². The van der Waals surface area contributed by atoms with Crippen LogP contribution in [0.5, 0.6) is 0 Å². The maximum absolute atomic E-state index is 11.8. The molecule has 0 aromatic heterocycles. The van der Waals surface area contributed by atoms with Gasteiger partial charge >= 0.3 is 0 Å². The van der Waals surface area contributed by atoms with E-state index in [4.69, 9.17) is 0 Å². The van der Waals surface area contributed by atoms with Crippen molar-refractivity contribution in [1.29, 1.82) is 0 Å². The van der Waals surface area contributed by atoms with E-state index in [0.29, 0.717) is 6.54 Å². The lowest BCUT2D eigenvalue weighted by molar-refractivity contribution is -0.126. The Balaban J connectivity index is 2.08. The standard InChI is InChI=1S/C12H14N2O2S/c1-3-14-11(15)10(17-12(14)16)13-9-6-4-8(2)5-7-9/h4-7,10,13H,3H2,1-2H3. The number of likely N-dealkylation sites (N-methyl/N-ethyl adjacent to an activating group) is 1. The van der Waals surface area contributed by atoms with Crippen LogP contribution in [-0.4, -0.2) is 28.0 Å². The summed E-state index contributed by atoms with van der Waals surface area (Å²) in [6.07, 6.45) is 0. The lowest BCUT2D eigenvalue weighted by Crippen LogP contribution is -2.34. The molecule has 1 heterocycles. The van der Waals surface area contributed by atoms with E-state index in [1.807, 2.05) is 31.2 Å². The van der Waals surface area contributed by atoms with Gasteiger partial charge in [0.25, 0.3) is 11.1 Å². The van der Waals surface area contributed by atoms with Crippen LogP contribution in [0.1, 0.15) is 12.5 Å². The van der Waals surface area contributed by atoms with Crippen molar-refractivity contribution in [2.24, 2.45) is 0 Å². The molecule has 5 heteroatoms. The van der Waals surface area contributed by atoms with Crippen LogP contribution in [-0.2, 0) is 4.79 Å². The molecule has 0 aliphatic carbocycles. The molecule has 2 amide bonds. The highest BCUT2D eigenvalue weighted by Gasteiger charge is 2.38. The monoisotopic (exact) mass is 250 g/mol. The van der Waals surface area contributed by atoms with Crippen molar-refractivity contribution >= 4 is 28.6 Å². The smallest absolute Gasteiger partial charge is 0.290 e. The molecule has 4 nitrogen and oxygen atoms in total. The van der Waals surface area contributed by atoms with E-state index in [2.05, 4.69) is 5.32 Å². The number of imide groups is 1. The first-order valence-corrected chi connectivity index (χ1v) is 6.35. The Morgan fingerprint density at radius 2 is 1.94 bits per heavy atom. The van der Waals surface area contributed by atoms with Crippen LogP contribution in [0, 0.1) is 6.92 Å². The maximum Gasteiger partial charge on any atom is 0.290 e. The first-order valence-electron chi connectivity index (χ1n) is 5.47. The fourth-order valence-electron chi connectivity index (χ4n) is 1.62. The number of hydrogen-bond acceptors (Lipinski definition) is 4. The Kier molecular flexibility index (Phi) is 3.38. The number of carbonyl (C=O) groups excluding carboxylic acids is 2. The minimum atomic E-state index is -0.495. The summed E-state index contributed by atoms with van der Waals surface area (Å²) in [5, 5.41) is 2.39. The van der Waals surface area contributed by atoms with Gasteiger partial charge in [-0.15, -0.1) is 0 Å². The van der Waals surface area contributed by atoms with Crippen LogP contribution in [0.3, 0.4) is 0 Å². The van der Waals surface area contributed by atoms with Crippen molar-refractivity contribution in [3.63, 3.8) is 0 Å². The fraction of sp³-hybridized carbons (Fsp3) is 0.333. The van der Waals surface area contributed by atoms with Crippen molar-refractivity contribution in [2.45, 2.75) is 19.2 Å². The number of thioether (sulfide) groups is 1. The summed E-state index contributed by atoms with van der Waals surface area (Å²) in [5.41, 5.74) is 2.01. The lowest BCUT2D eigenvalue weighted by Gasteiger charge is -2.12. The van der Waals surface area contributed by atoms with Gasteiger partial charge in [-0.05, 0) is 37.7 Å². The molecule has 1 atom stereocenters. The fourth-order valence-corrected chi connectivity index (χ4v) is 2.59. The second-order valence-corrected chi connectivity index (χ2v) is 4.91. The van der Waals surface area contributed by atoms with E-state index < -0.39 is 5.37 Å². The minimum absolute atomic E-state index is 0.164. The number of rotatable bonds is 3. The second kappa shape index (κ2) is 4.79. The first-order chi connectivity index (χ1) is 8.11. The molecule has 17 heavy (non-hydrogen) atoms. The van der Waals surface area contributed by atoms with Gasteiger partial charge in [-0.25, -0.2) is 0 Å². The molecule has 1 aliphatic rings. The van der Waals surface area contributed by atoms with E-state index >= 15 is 0 Å². The third kappa shape index (κ3) is 2.44. The number of carbonyl (C=O) groups is 2. The summed E-state index contributed by atoms with van der Waals surface area (Å²) in [6.45, 7) is 4.23. The molecule has 0 saturated carbocycles. The number of benzene rings is 1. The van der Waals surface area contributed by atoms with E-state index in [0.717, 1.165) is 23.0 Å². The Bertz CT molecular complexity index is 444.